The highest BCUT2D eigenvalue weighted by atomic mass is 35.5. The van der Waals surface area contributed by atoms with Crippen molar-refractivity contribution >= 4 is 35.2 Å². The van der Waals surface area contributed by atoms with Crippen LogP contribution in [0, 0.1) is 6.92 Å². The number of thioether (sulfide) groups is 1. The van der Waals surface area contributed by atoms with Gasteiger partial charge in [0, 0.05) is 42.1 Å². The van der Waals surface area contributed by atoms with Crippen molar-refractivity contribution in [3.63, 3.8) is 0 Å². The molecule has 4 nitrogen and oxygen atoms in total. The predicted molar refractivity (Wildman–Crippen MR) is 137 cm³/mol. The van der Waals surface area contributed by atoms with Gasteiger partial charge < -0.3 is 10.2 Å². The van der Waals surface area contributed by atoms with E-state index in [-0.39, 0.29) is 11.8 Å². The van der Waals surface area contributed by atoms with E-state index < -0.39 is 6.04 Å². The highest BCUT2D eigenvalue weighted by Crippen LogP contribution is 2.23. The van der Waals surface area contributed by atoms with Crippen LogP contribution in [0.3, 0.4) is 0 Å². The molecule has 33 heavy (non-hydrogen) atoms. The number of halogens is 1. The van der Waals surface area contributed by atoms with E-state index in [1.165, 1.54) is 0 Å². The van der Waals surface area contributed by atoms with E-state index >= 15 is 0 Å². The van der Waals surface area contributed by atoms with Gasteiger partial charge in [0.1, 0.15) is 6.04 Å². The van der Waals surface area contributed by atoms with Gasteiger partial charge >= 0.3 is 0 Å². The van der Waals surface area contributed by atoms with Crippen LogP contribution in [0.15, 0.2) is 83.8 Å². The lowest BCUT2D eigenvalue weighted by atomic mass is 10.0. The van der Waals surface area contributed by atoms with E-state index in [1.807, 2.05) is 85.8 Å². The molecule has 0 aromatic heterocycles. The van der Waals surface area contributed by atoms with Crippen LogP contribution in [0.2, 0.25) is 5.02 Å². The summed E-state index contributed by atoms with van der Waals surface area (Å²) in [4.78, 5) is 29.2. The normalized spacial score (nSPS) is 11.6. The first-order valence-electron chi connectivity index (χ1n) is 11.0. The number of benzene rings is 3. The van der Waals surface area contributed by atoms with Crippen molar-refractivity contribution in [3.05, 3.63) is 101 Å². The van der Waals surface area contributed by atoms with Gasteiger partial charge in [0.05, 0.1) is 0 Å². The van der Waals surface area contributed by atoms with Gasteiger partial charge in [-0.15, -0.1) is 11.8 Å². The van der Waals surface area contributed by atoms with Crippen LogP contribution in [-0.4, -0.2) is 35.6 Å². The monoisotopic (exact) mass is 480 g/mol. The third-order valence-electron chi connectivity index (χ3n) is 5.52. The fraction of sp³-hybridized carbons (Fsp3) is 0.259. The van der Waals surface area contributed by atoms with Crippen LogP contribution in [0.25, 0.3) is 0 Å². The molecule has 0 heterocycles. The molecule has 2 amide bonds. The lowest BCUT2D eigenvalue weighted by Crippen LogP contribution is -2.49. The van der Waals surface area contributed by atoms with Gasteiger partial charge in [-0.25, -0.2) is 0 Å². The van der Waals surface area contributed by atoms with Crippen molar-refractivity contribution in [3.8, 4) is 0 Å². The number of likely N-dealkylation sites (N-methyl/N-ethyl adjacent to an activating group) is 1. The third kappa shape index (κ3) is 7.37. The van der Waals surface area contributed by atoms with Gasteiger partial charge in [-0.3, -0.25) is 9.59 Å². The maximum Gasteiger partial charge on any atom is 0.242 e. The molecule has 0 aliphatic heterocycles. The lowest BCUT2D eigenvalue weighted by molar-refractivity contribution is -0.140. The smallest absolute Gasteiger partial charge is 0.242 e. The molecule has 6 heteroatoms. The molecular formula is C27H29ClN2O2S. The Morgan fingerprint density at radius 3 is 2.30 bits per heavy atom. The van der Waals surface area contributed by atoms with Crippen LogP contribution in [0.4, 0.5) is 0 Å². The molecular weight excluding hydrogens is 452 g/mol. The van der Waals surface area contributed by atoms with Crippen LogP contribution in [-0.2, 0) is 22.6 Å². The second kappa shape index (κ2) is 12.5. The second-order valence-corrected chi connectivity index (χ2v) is 9.43. The highest BCUT2D eigenvalue weighted by molar-refractivity contribution is 7.99. The number of amides is 2. The molecule has 3 aromatic rings. The first-order chi connectivity index (χ1) is 16.0. The van der Waals surface area contributed by atoms with Crippen molar-refractivity contribution in [2.75, 3.05) is 12.8 Å². The lowest BCUT2D eigenvalue weighted by Gasteiger charge is -2.31. The number of carbonyl (C=O) groups excluding carboxylic acids is 2. The summed E-state index contributed by atoms with van der Waals surface area (Å²) in [5.74, 6) is 0.423. The first-order valence-corrected chi connectivity index (χ1v) is 12.3. The maximum atomic E-state index is 13.5. The van der Waals surface area contributed by atoms with Gasteiger partial charge in [0.25, 0.3) is 0 Å². The molecule has 0 saturated heterocycles. The Hall–Kier alpha value is -2.76. The topological polar surface area (TPSA) is 49.4 Å². The van der Waals surface area contributed by atoms with Crippen molar-refractivity contribution in [1.29, 1.82) is 0 Å². The molecule has 0 fully saturated rings. The number of carbonyl (C=O) groups is 2. The zero-order valence-electron chi connectivity index (χ0n) is 19.0. The van der Waals surface area contributed by atoms with Crippen LogP contribution < -0.4 is 5.32 Å². The fourth-order valence-electron chi connectivity index (χ4n) is 3.62. The predicted octanol–water partition coefficient (Wildman–Crippen LogP) is 5.52. The molecule has 0 spiro atoms. The summed E-state index contributed by atoms with van der Waals surface area (Å²) in [5, 5.41) is 3.45. The number of nitrogens with zero attached hydrogens (tertiary/aromatic N) is 1. The van der Waals surface area contributed by atoms with E-state index in [9.17, 15) is 9.59 Å². The molecule has 3 rings (SSSR count). The quantitative estimate of drug-likeness (QED) is 0.389. The van der Waals surface area contributed by atoms with Crippen molar-refractivity contribution in [1.82, 2.24) is 10.2 Å². The van der Waals surface area contributed by atoms with Gasteiger partial charge in [-0.1, -0.05) is 66.2 Å². The largest absolute Gasteiger partial charge is 0.357 e. The van der Waals surface area contributed by atoms with Gasteiger partial charge in [0.2, 0.25) is 11.8 Å². The van der Waals surface area contributed by atoms with Gasteiger partial charge in [0.15, 0.2) is 0 Å². The summed E-state index contributed by atoms with van der Waals surface area (Å²) < 4.78 is 0. The summed E-state index contributed by atoms with van der Waals surface area (Å²) >= 11 is 7.57. The van der Waals surface area contributed by atoms with E-state index in [0.717, 1.165) is 21.6 Å². The minimum atomic E-state index is -0.593. The number of nitrogens with one attached hydrogen (secondary N) is 1. The molecule has 0 aliphatic carbocycles. The summed E-state index contributed by atoms with van der Waals surface area (Å²) in [7, 11) is 1.62. The van der Waals surface area contributed by atoms with E-state index in [2.05, 4.69) is 5.32 Å². The number of hydrogen-bond acceptors (Lipinski definition) is 3. The van der Waals surface area contributed by atoms with E-state index in [0.29, 0.717) is 30.2 Å². The molecule has 1 unspecified atom stereocenters. The zero-order chi connectivity index (χ0) is 23.6. The number of aryl methyl sites for hydroxylation is 1. The van der Waals surface area contributed by atoms with Crippen molar-refractivity contribution in [2.24, 2.45) is 0 Å². The molecule has 0 saturated carbocycles. The minimum Gasteiger partial charge on any atom is -0.357 e. The van der Waals surface area contributed by atoms with Crippen molar-refractivity contribution < 1.29 is 9.59 Å². The summed E-state index contributed by atoms with van der Waals surface area (Å²) in [6.07, 6.45) is 0.796. The van der Waals surface area contributed by atoms with Crippen LogP contribution in [0.5, 0.6) is 0 Å². The molecule has 1 atom stereocenters. The molecule has 172 valence electrons. The Kier molecular flexibility index (Phi) is 9.40. The van der Waals surface area contributed by atoms with Crippen molar-refractivity contribution in [2.45, 2.75) is 37.2 Å². The Morgan fingerprint density at radius 2 is 1.64 bits per heavy atom. The third-order valence-corrected chi connectivity index (χ3v) is 6.78. The Morgan fingerprint density at radius 1 is 0.970 bits per heavy atom. The standard InChI is InChI=1S/C27H29ClN2O2S/c1-20-8-6-7-11-22(20)19-30(25(27(32)29-2)18-21-9-4-3-5-10-21)26(31)16-17-33-24-14-12-23(28)13-15-24/h3-15,25H,16-19H2,1-2H3,(H,29,32). The Labute approximate surface area is 205 Å². The summed E-state index contributed by atoms with van der Waals surface area (Å²) in [6, 6.07) is 24.8. The number of rotatable bonds is 10. The first kappa shape index (κ1) is 24.9. The summed E-state index contributed by atoms with van der Waals surface area (Å²) in [5.41, 5.74) is 3.16. The molecule has 0 radical (unpaired) electrons. The molecule has 1 N–H and O–H groups in total. The minimum absolute atomic E-state index is 0.0377. The Bertz CT molecular complexity index is 1060. The fourth-order valence-corrected chi connectivity index (χ4v) is 4.59. The highest BCUT2D eigenvalue weighted by Gasteiger charge is 2.29. The van der Waals surface area contributed by atoms with Crippen LogP contribution in [0.1, 0.15) is 23.1 Å². The van der Waals surface area contributed by atoms with Gasteiger partial charge in [-0.05, 0) is 47.9 Å². The summed E-state index contributed by atoms with van der Waals surface area (Å²) in [6.45, 7) is 2.42. The zero-order valence-corrected chi connectivity index (χ0v) is 20.5. The SMILES string of the molecule is CNC(=O)C(Cc1ccccc1)N(Cc1ccccc1C)C(=O)CCSc1ccc(Cl)cc1. The molecule has 0 aliphatic rings. The maximum absolute atomic E-state index is 13.5. The van der Waals surface area contributed by atoms with E-state index in [1.54, 1.807) is 23.7 Å². The second-order valence-electron chi connectivity index (χ2n) is 7.82. The Balaban J connectivity index is 1.81. The van der Waals surface area contributed by atoms with E-state index in [4.69, 9.17) is 11.6 Å². The average molecular weight is 481 g/mol. The number of hydrogen-bond donors (Lipinski definition) is 1. The average Bonchev–Trinajstić information content (AvgIpc) is 2.83. The van der Waals surface area contributed by atoms with Crippen LogP contribution >= 0.6 is 23.4 Å². The molecule has 3 aromatic carbocycles. The molecule has 0 bridgehead atoms. The van der Waals surface area contributed by atoms with Gasteiger partial charge in [-0.2, -0.15) is 0 Å².